The molecule has 0 saturated heterocycles. The van der Waals surface area contributed by atoms with Crippen molar-refractivity contribution in [2.24, 2.45) is 5.92 Å². The zero-order valence-corrected chi connectivity index (χ0v) is 12.6. The van der Waals surface area contributed by atoms with Crippen molar-refractivity contribution in [3.05, 3.63) is 34.9 Å². The van der Waals surface area contributed by atoms with Gasteiger partial charge in [0.05, 0.1) is 0 Å². The number of benzene rings is 1. The maximum absolute atomic E-state index is 11.8. The number of amides is 1. The topological polar surface area (TPSA) is 29.1 Å². The summed E-state index contributed by atoms with van der Waals surface area (Å²) in [5.41, 5.74) is 3.25. The smallest absolute Gasteiger partial charge is 0.251 e. The first kappa shape index (κ1) is 13.6. The number of nitrogens with one attached hydrogen (secondary N) is 1. The second kappa shape index (κ2) is 5.87. The summed E-state index contributed by atoms with van der Waals surface area (Å²) in [4.78, 5) is 12.2. The number of halogens is 1. The van der Waals surface area contributed by atoms with Gasteiger partial charge in [-0.1, -0.05) is 54.8 Å². The number of carbonyl (C=O) groups excluding carboxylic acids is 1. The average Bonchev–Trinajstić information content (AvgIpc) is 2.40. The Hall–Kier alpha value is -0.830. The van der Waals surface area contributed by atoms with E-state index in [0.29, 0.717) is 10.7 Å². The number of hydrogen-bond donors (Lipinski definition) is 1. The highest BCUT2D eigenvalue weighted by Crippen LogP contribution is 2.36. The SMILES string of the molecule is CCC(CC)C(Br)c1ccc2c(c1)C(=O)NCC2. The molecule has 1 aromatic rings. The summed E-state index contributed by atoms with van der Waals surface area (Å²) in [6.45, 7) is 5.19. The molecule has 0 bridgehead atoms. The van der Waals surface area contributed by atoms with Crippen molar-refractivity contribution in [3.63, 3.8) is 0 Å². The van der Waals surface area contributed by atoms with Gasteiger partial charge in [-0.25, -0.2) is 0 Å². The van der Waals surface area contributed by atoms with E-state index in [4.69, 9.17) is 0 Å². The summed E-state index contributed by atoms with van der Waals surface area (Å²) in [5.74, 6) is 0.692. The second-order valence-corrected chi connectivity index (χ2v) is 5.89. The number of rotatable bonds is 4. The van der Waals surface area contributed by atoms with Crippen molar-refractivity contribution in [2.75, 3.05) is 6.54 Å². The molecule has 1 atom stereocenters. The van der Waals surface area contributed by atoms with Crippen LogP contribution in [0.15, 0.2) is 18.2 Å². The van der Waals surface area contributed by atoms with Crippen LogP contribution in [-0.4, -0.2) is 12.5 Å². The van der Waals surface area contributed by atoms with Crippen molar-refractivity contribution in [1.82, 2.24) is 5.32 Å². The fourth-order valence-electron chi connectivity index (χ4n) is 2.58. The lowest BCUT2D eigenvalue weighted by atomic mass is 9.91. The second-order valence-electron chi connectivity index (χ2n) is 4.90. The molecule has 0 aromatic heterocycles. The maximum Gasteiger partial charge on any atom is 0.251 e. The molecule has 1 aromatic carbocycles. The monoisotopic (exact) mass is 309 g/mol. The Kier molecular flexibility index (Phi) is 4.44. The van der Waals surface area contributed by atoms with E-state index in [-0.39, 0.29) is 5.91 Å². The fourth-order valence-corrected chi connectivity index (χ4v) is 3.61. The molecule has 0 spiro atoms. The summed E-state index contributed by atoms with van der Waals surface area (Å²) in [5, 5.41) is 2.91. The fraction of sp³-hybridized carbons (Fsp3) is 0.533. The molecule has 1 aliphatic heterocycles. The zero-order valence-electron chi connectivity index (χ0n) is 11.0. The lowest BCUT2D eigenvalue weighted by Crippen LogP contribution is -2.31. The van der Waals surface area contributed by atoms with E-state index >= 15 is 0 Å². The molecule has 1 heterocycles. The van der Waals surface area contributed by atoms with Crippen LogP contribution in [0.5, 0.6) is 0 Å². The van der Waals surface area contributed by atoms with Crippen LogP contribution in [0.4, 0.5) is 0 Å². The highest BCUT2D eigenvalue weighted by Gasteiger charge is 2.21. The van der Waals surface area contributed by atoms with Gasteiger partial charge >= 0.3 is 0 Å². The Morgan fingerprint density at radius 3 is 2.72 bits per heavy atom. The Morgan fingerprint density at radius 2 is 2.06 bits per heavy atom. The molecule has 18 heavy (non-hydrogen) atoms. The standard InChI is InChI=1S/C15H20BrNO/c1-3-10(4-2)14(16)12-6-5-11-7-8-17-15(18)13(11)9-12/h5-6,9-10,14H,3-4,7-8H2,1-2H3,(H,17,18). The highest BCUT2D eigenvalue weighted by atomic mass is 79.9. The summed E-state index contributed by atoms with van der Waals surface area (Å²) in [6.07, 6.45) is 3.24. The molecular formula is C15H20BrNO. The molecule has 0 radical (unpaired) electrons. The summed E-state index contributed by atoms with van der Waals surface area (Å²) >= 11 is 3.79. The Morgan fingerprint density at radius 1 is 1.33 bits per heavy atom. The van der Waals surface area contributed by atoms with Gasteiger partial charge in [-0.15, -0.1) is 0 Å². The van der Waals surface area contributed by atoms with E-state index in [1.807, 2.05) is 0 Å². The molecule has 0 fully saturated rings. The molecule has 1 aliphatic rings. The van der Waals surface area contributed by atoms with Crippen LogP contribution >= 0.6 is 15.9 Å². The van der Waals surface area contributed by atoms with E-state index in [9.17, 15) is 4.79 Å². The number of carbonyl (C=O) groups is 1. The summed E-state index contributed by atoms with van der Waals surface area (Å²) < 4.78 is 0. The van der Waals surface area contributed by atoms with E-state index in [1.54, 1.807) is 0 Å². The Labute approximate surface area is 117 Å². The van der Waals surface area contributed by atoms with Crippen molar-refractivity contribution in [3.8, 4) is 0 Å². The zero-order chi connectivity index (χ0) is 13.1. The third kappa shape index (κ3) is 2.61. The third-order valence-electron chi connectivity index (χ3n) is 3.84. The summed E-state index contributed by atoms with van der Waals surface area (Å²) in [6, 6.07) is 6.33. The molecule has 0 saturated carbocycles. The van der Waals surface area contributed by atoms with Crippen molar-refractivity contribution in [2.45, 2.75) is 37.9 Å². The molecule has 2 nitrogen and oxygen atoms in total. The largest absolute Gasteiger partial charge is 0.352 e. The van der Waals surface area contributed by atoms with E-state index < -0.39 is 0 Å². The molecule has 0 aliphatic carbocycles. The normalized spacial score (nSPS) is 16.3. The van der Waals surface area contributed by atoms with E-state index in [1.165, 1.54) is 11.1 Å². The van der Waals surface area contributed by atoms with Crippen LogP contribution in [0.1, 0.15) is 53.0 Å². The first-order valence-electron chi connectivity index (χ1n) is 6.72. The molecule has 1 amide bonds. The quantitative estimate of drug-likeness (QED) is 0.841. The van der Waals surface area contributed by atoms with E-state index in [0.717, 1.165) is 31.4 Å². The summed E-state index contributed by atoms with van der Waals surface area (Å²) in [7, 11) is 0. The molecule has 3 heteroatoms. The number of hydrogen-bond acceptors (Lipinski definition) is 1. The van der Waals surface area contributed by atoms with Gasteiger partial charge in [-0.05, 0) is 29.5 Å². The van der Waals surface area contributed by atoms with Gasteiger partial charge in [-0.3, -0.25) is 4.79 Å². The van der Waals surface area contributed by atoms with Gasteiger partial charge in [0.1, 0.15) is 0 Å². The van der Waals surface area contributed by atoms with Crippen LogP contribution in [0.25, 0.3) is 0 Å². The van der Waals surface area contributed by atoms with Crippen LogP contribution in [0.2, 0.25) is 0 Å². The minimum Gasteiger partial charge on any atom is -0.352 e. The minimum absolute atomic E-state index is 0.0716. The van der Waals surface area contributed by atoms with Crippen LogP contribution in [0, 0.1) is 5.92 Å². The van der Waals surface area contributed by atoms with Gasteiger partial charge in [0.2, 0.25) is 0 Å². The van der Waals surface area contributed by atoms with Crippen LogP contribution in [-0.2, 0) is 6.42 Å². The third-order valence-corrected chi connectivity index (χ3v) is 5.12. The lowest BCUT2D eigenvalue weighted by Gasteiger charge is -2.23. The molecule has 2 rings (SSSR count). The minimum atomic E-state index is 0.0716. The molecule has 1 unspecified atom stereocenters. The van der Waals surface area contributed by atoms with Crippen molar-refractivity contribution in [1.29, 1.82) is 0 Å². The van der Waals surface area contributed by atoms with Gasteiger partial charge in [0.25, 0.3) is 5.91 Å². The predicted molar refractivity (Wildman–Crippen MR) is 78.2 cm³/mol. The molecule has 98 valence electrons. The van der Waals surface area contributed by atoms with E-state index in [2.05, 4.69) is 53.3 Å². The Bertz CT molecular complexity index is 440. The molecular weight excluding hydrogens is 290 g/mol. The van der Waals surface area contributed by atoms with Crippen LogP contribution in [0.3, 0.4) is 0 Å². The highest BCUT2D eigenvalue weighted by molar-refractivity contribution is 9.09. The van der Waals surface area contributed by atoms with Gasteiger partial charge in [-0.2, -0.15) is 0 Å². The lowest BCUT2D eigenvalue weighted by molar-refractivity contribution is 0.0946. The maximum atomic E-state index is 11.8. The molecule has 1 N–H and O–H groups in total. The van der Waals surface area contributed by atoms with Gasteiger partial charge in [0.15, 0.2) is 0 Å². The van der Waals surface area contributed by atoms with Gasteiger partial charge in [0, 0.05) is 16.9 Å². The number of alkyl halides is 1. The average molecular weight is 310 g/mol. The predicted octanol–water partition coefficient (Wildman–Crippen LogP) is 3.84. The van der Waals surface area contributed by atoms with Crippen molar-refractivity contribution < 1.29 is 4.79 Å². The van der Waals surface area contributed by atoms with Crippen molar-refractivity contribution >= 4 is 21.8 Å². The first-order chi connectivity index (χ1) is 8.67. The first-order valence-corrected chi connectivity index (χ1v) is 7.64. The Balaban J connectivity index is 2.30. The van der Waals surface area contributed by atoms with Crippen LogP contribution < -0.4 is 5.32 Å². The number of fused-ring (bicyclic) bond motifs is 1. The van der Waals surface area contributed by atoms with Gasteiger partial charge < -0.3 is 5.32 Å².